The molecule has 2 aromatic rings. The van der Waals surface area contributed by atoms with Gasteiger partial charge >= 0.3 is 11.9 Å². The van der Waals surface area contributed by atoms with Gasteiger partial charge in [-0.25, -0.2) is 0 Å². The Labute approximate surface area is 158 Å². The minimum absolute atomic E-state index is 0.111. The second-order valence-corrected chi connectivity index (χ2v) is 6.52. The van der Waals surface area contributed by atoms with Gasteiger partial charge in [-0.3, -0.25) is 14.4 Å². The van der Waals surface area contributed by atoms with Crippen molar-refractivity contribution in [1.82, 2.24) is 5.06 Å². The number of methoxy groups -OCH3 is 2. The quantitative estimate of drug-likeness (QED) is 0.610. The number of rotatable bonds is 4. The largest absolute Gasteiger partial charge is 0.468 e. The highest BCUT2D eigenvalue weighted by molar-refractivity contribution is 6.01. The maximum absolute atomic E-state index is 13.0. The molecule has 142 valence electrons. The molecular weight excluding hydrogens is 346 g/mol. The fraction of sp³-hybridized carbons (Fsp3) is 0.333. The number of hydrogen-bond donors (Lipinski definition) is 0. The van der Waals surface area contributed by atoms with Gasteiger partial charge in [0.05, 0.1) is 20.3 Å². The summed E-state index contributed by atoms with van der Waals surface area (Å²) in [7, 11) is 4.28. The number of carbonyl (C=O) groups excluding carboxylic acids is 2. The van der Waals surface area contributed by atoms with Gasteiger partial charge in [-0.15, -0.1) is 0 Å². The molecule has 2 aromatic carbocycles. The Balaban J connectivity index is 2.15. The zero-order valence-corrected chi connectivity index (χ0v) is 15.6. The first-order valence-corrected chi connectivity index (χ1v) is 8.71. The highest BCUT2D eigenvalue weighted by Gasteiger charge is 2.61. The van der Waals surface area contributed by atoms with Gasteiger partial charge < -0.3 is 9.47 Å². The third kappa shape index (κ3) is 3.34. The molecule has 0 aromatic heterocycles. The van der Waals surface area contributed by atoms with Crippen molar-refractivity contribution in [3.05, 3.63) is 71.8 Å². The molecule has 0 radical (unpaired) electrons. The Morgan fingerprint density at radius 3 is 1.89 bits per heavy atom. The highest BCUT2D eigenvalue weighted by atomic mass is 16.7. The first kappa shape index (κ1) is 19.1. The molecule has 0 unspecified atom stereocenters. The summed E-state index contributed by atoms with van der Waals surface area (Å²) < 4.78 is 10.2. The van der Waals surface area contributed by atoms with E-state index in [1.165, 1.54) is 14.2 Å². The zero-order valence-electron chi connectivity index (χ0n) is 15.6. The predicted octanol–water partition coefficient (Wildman–Crippen LogP) is 3.07. The van der Waals surface area contributed by atoms with Crippen LogP contribution in [0.2, 0.25) is 0 Å². The normalized spacial score (nSPS) is 22.0. The Hall–Kier alpha value is -2.70. The van der Waals surface area contributed by atoms with Crippen molar-refractivity contribution in [1.29, 1.82) is 0 Å². The van der Waals surface area contributed by atoms with E-state index >= 15 is 0 Å². The Morgan fingerprint density at radius 1 is 0.926 bits per heavy atom. The van der Waals surface area contributed by atoms with E-state index < -0.39 is 29.5 Å². The van der Waals surface area contributed by atoms with Crippen LogP contribution in [0, 0.1) is 5.41 Å². The number of hydroxylamine groups is 2. The molecule has 0 spiro atoms. The molecule has 1 aliphatic rings. The second kappa shape index (κ2) is 7.90. The van der Waals surface area contributed by atoms with Gasteiger partial charge in [-0.05, 0) is 11.1 Å². The van der Waals surface area contributed by atoms with Crippen molar-refractivity contribution in [2.75, 3.05) is 21.3 Å². The molecule has 0 bridgehead atoms. The maximum Gasteiger partial charge on any atom is 0.325 e. The Morgan fingerprint density at radius 2 is 1.41 bits per heavy atom. The average Bonchev–Trinajstić information content (AvgIpc) is 2.73. The number of ether oxygens (including phenoxy) is 2. The molecule has 2 atom stereocenters. The molecule has 3 rings (SSSR count). The summed E-state index contributed by atoms with van der Waals surface area (Å²) in [6.45, 7) is 0. The number of hydrogen-bond acceptors (Lipinski definition) is 6. The molecule has 0 N–H and O–H groups in total. The number of carbonyl (C=O) groups is 2. The van der Waals surface area contributed by atoms with Crippen LogP contribution in [0.15, 0.2) is 60.7 Å². The van der Waals surface area contributed by atoms with Crippen molar-refractivity contribution < 1.29 is 23.9 Å². The summed E-state index contributed by atoms with van der Waals surface area (Å²) >= 11 is 0. The van der Waals surface area contributed by atoms with E-state index in [-0.39, 0.29) is 6.42 Å². The summed E-state index contributed by atoms with van der Waals surface area (Å²) in [5.41, 5.74) is 0.0774. The highest BCUT2D eigenvalue weighted by Crippen LogP contribution is 2.51. The van der Waals surface area contributed by atoms with Gasteiger partial charge in [0.2, 0.25) is 0 Å². The van der Waals surface area contributed by atoms with Gasteiger partial charge in [-0.1, -0.05) is 60.7 Å². The van der Waals surface area contributed by atoms with E-state index in [2.05, 4.69) is 0 Å². The molecule has 1 heterocycles. The van der Waals surface area contributed by atoms with Crippen LogP contribution in [-0.2, 0) is 23.9 Å². The van der Waals surface area contributed by atoms with Crippen LogP contribution in [0.3, 0.4) is 0 Å². The molecule has 0 saturated carbocycles. The average molecular weight is 369 g/mol. The third-order valence-electron chi connectivity index (χ3n) is 5.02. The van der Waals surface area contributed by atoms with E-state index in [0.29, 0.717) is 0 Å². The standard InChI is InChI=1S/C21H23NO5/c1-22-18(16-12-8-5-9-13-16)21(19(23)25-2,20(24)26-3)14-17(27-22)15-10-6-4-7-11-15/h4-13,17-18H,14H2,1-3H3/t17-,18+/m0/s1. The summed E-state index contributed by atoms with van der Waals surface area (Å²) in [6.07, 6.45) is -0.380. The zero-order chi connectivity index (χ0) is 19.4. The molecule has 1 fully saturated rings. The molecule has 27 heavy (non-hydrogen) atoms. The monoisotopic (exact) mass is 369 g/mol. The minimum atomic E-state index is -1.56. The first-order valence-electron chi connectivity index (χ1n) is 8.71. The van der Waals surface area contributed by atoms with Gasteiger partial charge in [0.1, 0.15) is 6.10 Å². The van der Waals surface area contributed by atoms with Crippen molar-refractivity contribution in [2.24, 2.45) is 5.41 Å². The van der Waals surface area contributed by atoms with Crippen LogP contribution in [0.1, 0.15) is 29.7 Å². The lowest BCUT2D eigenvalue weighted by atomic mass is 9.70. The molecule has 0 amide bonds. The number of esters is 2. The Bertz CT molecular complexity index is 777. The number of nitrogens with zero attached hydrogens (tertiary/aromatic N) is 1. The molecular formula is C21H23NO5. The fourth-order valence-corrected chi connectivity index (χ4v) is 3.83. The molecule has 0 aliphatic carbocycles. The van der Waals surface area contributed by atoms with Crippen LogP contribution in [0.25, 0.3) is 0 Å². The third-order valence-corrected chi connectivity index (χ3v) is 5.02. The molecule has 6 nitrogen and oxygen atoms in total. The van der Waals surface area contributed by atoms with Crippen LogP contribution in [-0.4, -0.2) is 38.3 Å². The number of benzene rings is 2. The fourth-order valence-electron chi connectivity index (χ4n) is 3.83. The van der Waals surface area contributed by atoms with Crippen molar-refractivity contribution in [2.45, 2.75) is 18.6 Å². The van der Waals surface area contributed by atoms with Crippen LogP contribution in [0.5, 0.6) is 0 Å². The Kier molecular flexibility index (Phi) is 5.58. The van der Waals surface area contributed by atoms with Crippen LogP contribution < -0.4 is 0 Å². The van der Waals surface area contributed by atoms with Gasteiger partial charge in [0, 0.05) is 13.5 Å². The van der Waals surface area contributed by atoms with Gasteiger partial charge in [0.25, 0.3) is 0 Å². The molecule has 6 heteroatoms. The summed E-state index contributed by atoms with van der Waals surface area (Å²) in [6, 6.07) is 18.1. The predicted molar refractivity (Wildman–Crippen MR) is 98.3 cm³/mol. The van der Waals surface area contributed by atoms with E-state index in [4.69, 9.17) is 14.3 Å². The van der Waals surface area contributed by atoms with Gasteiger partial charge in [-0.2, -0.15) is 5.06 Å². The van der Waals surface area contributed by atoms with Crippen molar-refractivity contribution in [3.8, 4) is 0 Å². The molecule has 1 saturated heterocycles. The second-order valence-electron chi connectivity index (χ2n) is 6.52. The first-order chi connectivity index (χ1) is 13.0. The van der Waals surface area contributed by atoms with E-state index in [9.17, 15) is 9.59 Å². The maximum atomic E-state index is 13.0. The van der Waals surface area contributed by atoms with Crippen LogP contribution in [0.4, 0.5) is 0 Å². The van der Waals surface area contributed by atoms with E-state index in [0.717, 1.165) is 11.1 Å². The van der Waals surface area contributed by atoms with E-state index in [1.54, 1.807) is 12.1 Å². The smallest absolute Gasteiger partial charge is 0.325 e. The topological polar surface area (TPSA) is 65.1 Å². The lowest BCUT2D eigenvalue weighted by Gasteiger charge is -2.47. The molecule has 1 aliphatic heterocycles. The lowest BCUT2D eigenvalue weighted by molar-refractivity contribution is -0.277. The van der Waals surface area contributed by atoms with E-state index in [1.807, 2.05) is 60.7 Å². The minimum Gasteiger partial charge on any atom is -0.468 e. The van der Waals surface area contributed by atoms with Gasteiger partial charge in [0.15, 0.2) is 5.41 Å². The summed E-state index contributed by atoms with van der Waals surface area (Å²) in [4.78, 5) is 32.1. The van der Waals surface area contributed by atoms with Crippen molar-refractivity contribution in [3.63, 3.8) is 0 Å². The SMILES string of the molecule is COC(=O)C1(C(=O)OC)C[C@@H](c2ccccc2)ON(C)[C@@H]1c1ccccc1. The lowest BCUT2D eigenvalue weighted by Crippen LogP contribution is -2.55. The summed E-state index contributed by atoms with van der Waals surface area (Å²) in [5, 5.41) is 1.56. The van der Waals surface area contributed by atoms with Crippen LogP contribution >= 0.6 is 0 Å². The van der Waals surface area contributed by atoms with Crippen molar-refractivity contribution >= 4 is 11.9 Å². The summed E-state index contributed by atoms with van der Waals surface area (Å²) in [5.74, 6) is -1.28.